The number of halogens is 2. The van der Waals surface area contributed by atoms with Gasteiger partial charge in [0.1, 0.15) is 11.0 Å². The number of aromatic nitrogens is 2. The van der Waals surface area contributed by atoms with Crippen LogP contribution in [0.3, 0.4) is 0 Å². The van der Waals surface area contributed by atoms with E-state index in [0.29, 0.717) is 58.1 Å². The Hall–Kier alpha value is -2.23. The fourth-order valence-electron chi connectivity index (χ4n) is 4.32. The second-order valence-electron chi connectivity index (χ2n) is 9.11. The predicted molar refractivity (Wildman–Crippen MR) is 142 cm³/mol. The first-order chi connectivity index (χ1) is 16.8. The Balaban J connectivity index is 1.34. The van der Waals surface area contributed by atoms with Gasteiger partial charge in [0, 0.05) is 55.5 Å². The quantitative estimate of drug-likeness (QED) is 0.333. The number of nitrogens with one attached hydrogen (secondary N) is 1. The van der Waals surface area contributed by atoms with Crippen LogP contribution in [0.1, 0.15) is 26.7 Å². The molecule has 1 N–H and O–H groups in total. The molecule has 1 aromatic heterocycles. The lowest BCUT2D eigenvalue weighted by molar-refractivity contribution is -0.129. The highest BCUT2D eigenvalue weighted by molar-refractivity contribution is 7.99. The molecular formula is C24H30Cl2N6O2S. The van der Waals surface area contributed by atoms with Gasteiger partial charge in [0.15, 0.2) is 5.16 Å². The summed E-state index contributed by atoms with van der Waals surface area (Å²) in [6.07, 6.45) is 2.10. The molecule has 2 aliphatic rings. The first kappa shape index (κ1) is 25.9. The van der Waals surface area contributed by atoms with Crippen LogP contribution in [0.5, 0.6) is 0 Å². The summed E-state index contributed by atoms with van der Waals surface area (Å²) < 4.78 is 0. The SMILES string of the molecule is CC1CCN(C(=O)CSc2nc(Cl)cc(N3CCN(C(=O)Nc4cccc(Cl)c4)[C@@H](C)C3)n2)CC1. The zero-order valence-electron chi connectivity index (χ0n) is 19.9. The average molecular weight is 538 g/mol. The minimum Gasteiger partial charge on any atom is -0.353 e. The Morgan fingerprint density at radius 2 is 1.86 bits per heavy atom. The van der Waals surface area contributed by atoms with Gasteiger partial charge in [-0.1, -0.05) is 48.0 Å². The van der Waals surface area contributed by atoms with E-state index in [1.165, 1.54) is 11.8 Å². The minimum absolute atomic E-state index is 0.0455. The zero-order chi connectivity index (χ0) is 24.9. The maximum atomic E-state index is 12.8. The summed E-state index contributed by atoms with van der Waals surface area (Å²) in [5.41, 5.74) is 0.662. The summed E-state index contributed by atoms with van der Waals surface area (Å²) in [6.45, 7) is 7.60. The molecule has 0 bridgehead atoms. The van der Waals surface area contributed by atoms with Crippen molar-refractivity contribution in [1.82, 2.24) is 19.8 Å². The number of amides is 3. The van der Waals surface area contributed by atoms with E-state index in [4.69, 9.17) is 23.2 Å². The fourth-order valence-corrected chi connectivity index (χ4v) is 5.49. The maximum Gasteiger partial charge on any atom is 0.322 e. The molecule has 1 aromatic carbocycles. The third-order valence-electron chi connectivity index (χ3n) is 6.41. The third-order valence-corrected chi connectivity index (χ3v) is 7.67. The predicted octanol–water partition coefficient (Wildman–Crippen LogP) is 4.88. The van der Waals surface area contributed by atoms with E-state index in [1.54, 1.807) is 29.2 Å². The standard InChI is InChI=1S/C24H30Cl2N6O2S/c1-16-6-8-30(9-7-16)22(33)15-35-23-28-20(26)13-21(29-23)31-10-11-32(17(2)14-31)24(34)27-19-5-3-4-18(25)12-19/h3-5,12-13,16-17H,6-11,14-15H2,1-2H3,(H,27,34)/t17-/m0/s1. The van der Waals surface area contributed by atoms with Gasteiger partial charge in [-0.25, -0.2) is 14.8 Å². The molecular weight excluding hydrogens is 507 g/mol. The summed E-state index contributed by atoms with van der Waals surface area (Å²) in [5.74, 6) is 1.78. The molecule has 8 nitrogen and oxygen atoms in total. The summed E-state index contributed by atoms with van der Waals surface area (Å²) in [7, 11) is 0. The van der Waals surface area contributed by atoms with Crippen molar-refractivity contribution in [2.24, 2.45) is 5.92 Å². The van der Waals surface area contributed by atoms with Gasteiger partial charge in [0.25, 0.3) is 0 Å². The molecule has 188 valence electrons. The van der Waals surface area contributed by atoms with E-state index >= 15 is 0 Å². The van der Waals surface area contributed by atoms with Crippen molar-refractivity contribution < 1.29 is 9.59 Å². The number of thioether (sulfide) groups is 1. The smallest absolute Gasteiger partial charge is 0.322 e. The van der Waals surface area contributed by atoms with Gasteiger partial charge in [-0.05, 0) is 43.9 Å². The second-order valence-corrected chi connectivity index (χ2v) is 10.9. The van der Waals surface area contributed by atoms with E-state index in [1.807, 2.05) is 17.9 Å². The van der Waals surface area contributed by atoms with E-state index in [-0.39, 0.29) is 18.0 Å². The number of piperidine rings is 1. The fraction of sp³-hybridized carbons (Fsp3) is 0.500. The van der Waals surface area contributed by atoms with Crippen molar-refractivity contribution in [3.63, 3.8) is 0 Å². The van der Waals surface area contributed by atoms with Crippen molar-refractivity contribution >= 4 is 58.4 Å². The Bertz CT molecular complexity index is 1070. The number of carbonyl (C=O) groups excluding carboxylic acids is 2. The van der Waals surface area contributed by atoms with Crippen LogP contribution in [0.4, 0.5) is 16.3 Å². The maximum absolute atomic E-state index is 12.8. The molecule has 4 rings (SSSR count). The lowest BCUT2D eigenvalue weighted by atomic mass is 9.99. The number of nitrogens with zero attached hydrogens (tertiary/aromatic N) is 5. The van der Waals surface area contributed by atoms with Gasteiger partial charge in [-0.15, -0.1) is 0 Å². The number of piperazine rings is 1. The highest BCUT2D eigenvalue weighted by Crippen LogP contribution is 2.25. The summed E-state index contributed by atoms with van der Waals surface area (Å²) in [5, 5.41) is 4.31. The Kier molecular flexibility index (Phi) is 8.62. The average Bonchev–Trinajstić information content (AvgIpc) is 2.82. The third kappa shape index (κ3) is 6.92. The summed E-state index contributed by atoms with van der Waals surface area (Å²) in [4.78, 5) is 40.2. The van der Waals surface area contributed by atoms with Crippen LogP contribution in [0, 0.1) is 5.92 Å². The molecule has 35 heavy (non-hydrogen) atoms. The van der Waals surface area contributed by atoms with E-state index in [9.17, 15) is 9.59 Å². The number of hydrogen-bond acceptors (Lipinski definition) is 6. The Labute approximate surface area is 220 Å². The van der Waals surface area contributed by atoms with Crippen molar-refractivity contribution in [3.8, 4) is 0 Å². The normalized spacial score (nSPS) is 19.1. The van der Waals surface area contributed by atoms with Gasteiger partial charge in [-0.2, -0.15) is 0 Å². The van der Waals surface area contributed by atoms with Gasteiger partial charge in [0.2, 0.25) is 5.91 Å². The molecule has 2 aromatic rings. The van der Waals surface area contributed by atoms with Gasteiger partial charge < -0.3 is 20.0 Å². The largest absolute Gasteiger partial charge is 0.353 e. The molecule has 0 spiro atoms. The lowest BCUT2D eigenvalue weighted by Gasteiger charge is -2.40. The van der Waals surface area contributed by atoms with Crippen LogP contribution >= 0.6 is 35.0 Å². The van der Waals surface area contributed by atoms with Gasteiger partial charge in [0.05, 0.1) is 5.75 Å². The second kappa shape index (κ2) is 11.7. The number of likely N-dealkylation sites (tertiary alicyclic amines) is 1. The molecule has 0 radical (unpaired) electrons. The van der Waals surface area contributed by atoms with E-state index in [0.717, 1.165) is 25.9 Å². The number of benzene rings is 1. The minimum atomic E-state index is -0.165. The van der Waals surface area contributed by atoms with Crippen molar-refractivity contribution in [2.45, 2.75) is 37.9 Å². The van der Waals surface area contributed by atoms with Crippen molar-refractivity contribution in [2.75, 3.05) is 48.7 Å². The molecule has 2 saturated heterocycles. The molecule has 11 heteroatoms. The van der Waals surface area contributed by atoms with Crippen molar-refractivity contribution in [3.05, 3.63) is 40.5 Å². The van der Waals surface area contributed by atoms with Gasteiger partial charge >= 0.3 is 6.03 Å². The van der Waals surface area contributed by atoms with Crippen LogP contribution < -0.4 is 10.2 Å². The Morgan fingerprint density at radius 1 is 1.09 bits per heavy atom. The summed E-state index contributed by atoms with van der Waals surface area (Å²) >= 11 is 13.6. The van der Waals surface area contributed by atoms with E-state index in [2.05, 4.69) is 27.1 Å². The molecule has 1 atom stereocenters. The lowest BCUT2D eigenvalue weighted by Crippen LogP contribution is -2.55. The Morgan fingerprint density at radius 3 is 2.57 bits per heavy atom. The number of hydrogen-bond donors (Lipinski definition) is 1. The molecule has 0 aliphatic carbocycles. The van der Waals surface area contributed by atoms with Crippen molar-refractivity contribution in [1.29, 1.82) is 0 Å². The first-order valence-electron chi connectivity index (χ1n) is 11.8. The highest BCUT2D eigenvalue weighted by Gasteiger charge is 2.29. The van der Waals surface area contributed by atoms with Crippen LogP contribution in [0.2, 0.25) is 10.2 Å². The monoisotopic (exact) mass is 536 g/mol. The molecule has 0 saturated carbocycles. The van der Waals surface area contributed by atoms with Crippen LogP contribution in [0.15, 0.2) is 35.5 Å². The molecule has 3 heterocycles. The molecule has 2 aliphatic heterocycles. The van der Waals surface area contributed by atoms with Crippen LogP contribution in [-0.2, 0) is 4.79 Å². The zero-order valence-corrected chi connectivity index (χ0v) is 22.2. The molecule has 2 fully saturated rings. The highest BCUT2D eigenvalue weighted by atomic mass is 35.5. The number of anilines is 2. The van der Waals surface area contributed by atoms with Gasteiger partial charge in [-0.3, -0.25) is 4.79 Å². The number of rotatable bonds is 5. The van der Waals surface area contributed by atoms with E-state index < -0.39 is 0 Å². The molecule has 0 unspecified atom stereocenters. The molecule has 3 amide bonds. The topological polar surface area (TPSA) is 81.7 Å². The number of carbonyl (C=O) groups is 2. The summed E-state index contributed by atoms with van der Waals surface area (Å²) in [6, 6.07) is 8.62. The van der Waals surface area contributed by atoms with Crippen LogP contribution in [0.25, 0.3) is 0 Å². The van der Waals surface area contributed by atoms with Crippen LogP contribution in [-0.4, -0.2) is 76.2 Å². The number of urea groups is 1. The first-order valence-corrected chi connectivity index (χ1v) is 13.6.